The van der Waals surface area contributed by atoms with Crippen LogP contribution in [0.15, 0.2) is 0 Å². The fourth-order valence-corrected chi connectivity index (χ4v) is 1.56. The fraction of sp³-hybridized carbons (Fsp3) is 0.917. The fourth-order valence-electron chi connectivity index (χ4n) is 1.56. The molecule has 0 aliphatic heterocycles. The Balaban J connectivity index is 2.90. The number of aliphatic hydroxyl groups is 1. The van der Waals surface area contributed by atoms with Gasteiger partial charge in [0, 0.05) is 13.0 Å². The van der Waals surface area contributed by atoms with E-state index >= 15 is 0 Å². The lowest BCUT2D eigenvalue weighted by atomic mass is 10.1. The summed E-state index contributed by atoms with van der Waals surface area (Å²) in [6.07, 6.45) is 7.70. The van der Waals surface area contributed by atoms with Gasteiger partial charge >= 0.3 is 5.97 Å². The molecule has 4 heteroatoms. The zero-order valence-corrected chi connectivity index (χ0v) is 10.1. The van der Waals surface area contributed by atoms with Gasteiger partial charge in [-0.15, -0.1) is 0 Å². The van der Waals surface area contributed by atoms with Crippen molar-refractivity contribution in [2.24, 2.45) is 0 Å². The Hall–Kier alpha value is -0.610. The van der Waals surface area contributed by atoms with E-state index in [1.165, 1.54) is 19.3 Å². The van der Waals surface area contributed by atoms with Crippen LogP contribution in [0.5, 0.6) is 0 Å². The molecule has 0 fully saturated rings. The van der Waals surface area contributed by atoms with Gasteiger partial charge in [0.25, 0.3) is 0 Å². The average Bonchev–Trinajstić information content (AvgIpc) is 2.25. The van der Waals surface area contributed by atoms with E-state index in [2.05, 4.69) is 5.32 Å². The van der Waals surface area contributed by atoms with Crippen LogP contribution in [-0.2, 0) is 4.79 Å². The number of aliphatic hydroxyl groups excluding tert-OH is 1. The van der Waals surface area contributed by atoms with Crippen LogP contribution in [0.1, 0.15) is 51.4 Å². The van der Waals surface area contributed by atoms with E-state index in [0.717, 1.165) is 38.8 Å². The van der Waals surface area contributed by atoms with Gasteiger partial charge in [0.2, 0.25) is 0 Å². The summed E-state index contributed by atoms with van der Waals surface area (Å²) in [6, 6.07) is 0. The molecule has 0 unspecified atom stereocenters. The summed E-state index contributed by atoms with van der Waals surface area (Å²) >= 11 is 0. The maximum atomic E-state index is 10.2. The van der Waals surface area contributed by atoms with Crippen LogP contribution < -0.4 is 5.32 Å². The summed E-state index contributed by atoms with van der Waals surface area (Å²) in [5.41, 5.74) is 0. The van der Waals surface area contributed by atoms with Crippen LogP contribution in [0.4, 0.5) is 0 Å². The van der Waals surface area contributed by atoms with E-state index in [1.807, 2.05) is 0 Å². The number of carbonyl (C=O) groups is 1. The van der Waals surface area contributed by atoms with Crippen LogP contribution in [0.2, 0.25) is 0 Å². The number of hydrogen-bond donors (Lipinski definition) is 3. The molecule has 0 heterocycles. The van der Waals surface area contributed by atoms with E-state index in [1.54, 1.807) is 0 Å². The lowest BCUT2D eigenvalue weighted by Crippen LogP contribution is -2.17. The molecule has 96 valence electrons. The minimum atomic E-state index is -0.687. The molecule has 4 nitrogen and oxygen atoms in total. The van der Waals surface area contributed by atoms with Crippen LogP contribution in [0, 0.1) is 0 Å². The topological polar surface area (TPSA) is 69.6 Å². The SMILES string of the molecule is O=C(O)CCCCCCCCNCCCO. The van der Waals surface area contributed by atoms with Crippen molar-refractivity contribution in [1.82, 2.24) is 5.32 Å². The van der Waals surface area contributed by atoms with E-state index < -0.39 is 5.97 Å². The van der Waals surface area contributed by atoms with Gasteiger partial charge in [0.05, 0.1) is 0 Å². The zero-order valence-electron chi connectivity index (χ0n) is 10.1. The third kappa shape index (κ3) is 13.4. The first-order valence-corrected chi connectivity index (χ1v) is 6.30. The van der Waals surface area contributed by atoms with Gasteiger partial charge in [-0.1, -0.05) is 25.7 Å². The molecule has 0 amide bonds. The number of hydrogen-bond acceptors (Lipinski definition) is 3. The first-order valence-electron chi connectivity index (χ1n) is 6.30. The number of carboxylic acid groups (broad SMARTS) is 1. The molecular formula is C12H25NO3. The molecule has 0 aliphatic carbocycles. The van der Waals surface area contributed by atoms with Crippen LogP contribution in [-0.4, -0.2) is 35.9 Å². The summed E-state index contributed by atoms with van der Waals surface area (Å²) in [5.74, 6) is -0.687. The van der Waals surface area contributed by atoms with Gasteiger partial charge in [-0.3, -0.25) is 4.79 Å². The third-order valence-electron chi connectivity index (χ3n) is 2.51. The molecule has 0 radical (unpaired) electrons. The Labute approximate surface area is 98.1 Å². The molecule has 0 saturated carbocycles. The zero-order chi connectivity index (χ0) is 12.1. The smallest absolute Gasteiger partial charge is 0.303 e. The molecule has 3 N–H and O–H groups in total. The van der Waals surface area contributed by atoms with Crippen molar-refractivity contribution in [3.05, 3.63) is 0 Å². The van der Waals surface area contributed by atoms with Crippen LogP contribution >= 0.6 is 0 Å². The molecule has 0 rings (SSSR count). The molecule has 0 aromatic rings. The van der Waals surface area contributed by atoms with Crippen molar-refractivity contribution >= 4 is 5.97 Å². The standard InChI is InChI=1S/C12H25NO3/c14-11-7-10-13-9-6-4-2-1-3-5-8-12(15)16/h13-14H,1-11H2,(H,15,16). The predicted octanol–water partition coefficient (Wildman–Crippen LogP) is 1.77. The number of rotatable bonds is 12. The maximum absolute atomic E-state index is 10.2. The molecule has 0 aliphatic rings. The lowest BCUT2D eigenvalue weighted by Gasteiger charge is -2.03. The van der Waals surface area contributed by atoms with Crippen LogP contribution in [0.3, 0.4) is 0 Å². The molecule has 0 aromatic carbocycles. The Kier molecular flexibility index (Phi) is 12.0. The quantitative estimate of drug-likeness (QED) is 0.448. The number of aliphatic carboxylic acids is 1. The highest BCUT2D eigenvalue weighted by Crippen LogP contribution is 2.06. The Morgan fingerprint density at radius 3 is 2.06 bits per heavy atom. The summed E-state index contributed by atoms with van der Waals surface area (Å²) in [4.78, 5) is 10.2. The van der Waals surface area contributed by atoms with Crippen molar-refractivity contribution in [2.45, 2.75) is 51.4 Å². The minimum absolute atomic E-state index is 0.260. The molecule has 0 aromatic heterocycles. The van der Waals surface area contributed by atoms with Crippen LogP contribution in [0.25, 0.3) is 0 Å². The first kappa shape index (κ1) is 15.4. The maximum Gasteiger partial charge on any atom is 0.303 e. The van der Waals surface area contributed by atoms with Crippen molar-refractivity contribution in [3.63, 3.8) is 0 Å². The van der Waals surface area contributed by atoms with Gasteiger partial charge in [-0.05, 0) is 32.4 Å². The van der Waals surface area contributed by atoms with Gasteiger partial charge in [0.1, 0.15) is 0 Å². The van der Waals surface area contributed by atoms with E-state index in [4.69, 9.17) is 10.2 Å². The average molecular weight is 231 g/mol. The van der Waals surface area contributed by atoms with E-state index in [9.17, 15) is 4.79 Å². The Morgan fingerprint density at radius 1 is 0.875 bits per heavy atom. The molecular weight excluding hydrogens is 206 g/mol. The summed E-state index contributed by atoms with van der Waals surface area (Å²) in [6.45, 7) is 2.18. The van der Waals surface area contributed by atoms with Gasteiger partial charge in [-0.25, -0.2) is 0 Å². The minimum Gasteiger partial charge on any atom is -0.481 e. The van der Waals surface area contributed by atoms with Crippen molar-refractivity contribution < 1.29 is 15.0 Å². The van der Waals surface area contributed by atoms with Crippen molar-refractivity contribution in [2.75, 3.05) is 19.7 Å². The summed E-state index contributed by atoms with van der Waals surface area (Å²) in [5, 5.41) is 20.2. The molecule has 0 saturated heterocycles. The third-order valence-corrected chi connectivity index (χ3v) is 2.51. The Morgan fingerprint density at radius 2 is 1.44 bits per heavy atom. The van der Waals surface area contributed by atoms with Gasteiger partial charge < -0.3 is 15.5 Å². The first-order chi connectivity index (χ1) is 7.77. The second kappa shape index (κ2) is 12.5. The highest BCUT2D eigenvalue weighted by molar-refractivity contribution is 5.66. The molecule has 0 spiro atoms. The van der Waals surface area contributed by atoms with Gasteiger partial charge in [0.15, 0.2) is 0 Å². The normalized spacial score (nSPS) is 10.6. The molecule has 16 heavy (non-hydrogen) atoms. The van der Waals surface area contributed by atoms with E-state index in [-0.39, 0.29) is 6.61 Å². The summed E-state index contributed by atoms with van der Waals surface area (Å²) < 4.78 is 0. The highest BCUT2D eigenvalue weighted by atomic mass is 16.4. The number of nitrogens with one attached hydrogen (secondary N) is 1. The highest BCUT2D eigenvalue weighted by Gasteiger charge is 1.96. The predicted molar refractivity (Wildman–Crippen MR) is 64.5 cm³/mol. The Bertz CT molecular complexity index is 162. The van der Waals surface area contributed by atoms with Gasteiger partial charge in [-0.2, -0.15) is 0 Å². The number of unbranched alkanes of at least 4 members (excludes halogenated alkanes) is 5. The monoisotopic (exact) mass is 231 g/mol. The summed E-state index contributed by atoms with van der Waals surface area (Å²) in [7, 11) is 0. The largest absolute Gasteiger partial charge is 0.481 e. The van der Waals surface area contributed by atoms with Crippen molar-refractivity contribution in [1.29, 1.82) is 0 Å². The second-order valence-corrected chi connectivity index (χ2v) is 4.09. The molecule has 0 atom stereocenters. The second-order valence-electron chi connectivity index (χ2n) is 4.09. The molecule has 0 bridgehead atoms. The van der Waals surface area contributed by atoms with E-state index in [0.29, 0.717) is 6.42 Å². The van der Waals surface area contributed by atoms with Crippen molar-refractivity contribution in [3.8, 4) is 0 Å². The number of carboxylic acids is 1. The lowest BCUT2D eigenvalue weighted by molar-refractivity contribution is -0.137.